The van der Waals surface area contributed by atoms with Crippen LogP contribution in [0.2, 0.25) is 0 Å². The first-order valence-corrected chi connectivity index (χ1v) is 8.13. The third-order valence-corrected chi connectivity index (χ3v) is 4.35. The number of hydrogen-bond acceptors (Lipinski definition) is 4. The SMILES string of the molecule is CCNCC1(CN2CC(C)OC(C)(C)C2)CCCOC1. The summed E-state index contributed by atoms with van der Waals surface area (Å²) in [5, 5.41) is 3.54. The van der Waals surface area contributed by atoms with Crippen LogP contribution in [0.15, 0.2) is 0 Å². The van der Waals surface area contributed by atoms with Crippen molar-refractivity contribution in [2.45, 2.75) is 52.2 Å². The molecule has 2 heterocycles. The molecule has 2 rings (SSSR count). The first-order valence-electron chi connectivity index (χ1n) is 8.13. The minimum atomic E-state index is -0.0352. The Hall–Kier alpha value is -0.160. The maximum Gasteiger partial charge on any atom is 0.0757 e. The van der Waals surface area contributed by atoms with E-state index in [4.69, 9.17) is 9.47 Å². The maximum atomic E-state index is 6.02. The lowest BCUT2D eigenvalue weighted by Gasteiger charge is -2.47. The maximum absolute atomic E-state index is 6.02. The molecule has 2 fully saturated rings. The van der Waals surface area contributed by atoms with Crippen LogP contribution in [0.1, 0.15) is 40.5 Å². The molecular weight excluding hydrogens is 252 g/mol. The highest BCUT2D eigenvalue weighted by Crippen LogP contribution is 2.31. The van der Waals surface area contributed by atoms with Crippen molar-refractivity contribution >= 4 is 0 Å². The van der Waals surface area contributed by atoms with Crippen molar-refractivity contribution in [1.29, 1.82) is 0 Å². The topological polar surface area (TPSA) is 33.7 Å². The predicted octanol–water partition coefficient (Wildman–Crippen LogP) is 1.89. The second-order valence-corrected chi connectivity index (χ2v) is 7.29. The van der Waals surface area contributed by atoms with Gasteiger partial charge in [0.15, 0.2) is 0 Å². The molecule has 118 valence electrons. The molecule has 0 aromatic carbocycles. The van der Waals surface area contributed by atoms with E-state index in [1.165, 1.54) is 12.8 Å². The van der Waals surface area contributed by atoms with Gasteiger partial charge in [0.1, 0.15) is 0 Å². The summed E-state index contributed by atoms with van der Waals surface area (Å²) in [6, 6.07) is 0. The summed E-state index contributed by atoms with van der Waals surface area (Å²) in [6.07, 6.45) is 2.78. The molecule has 2 atom stereocenters. The minimum absolute atomic E-state index is 0.0352. The Morgan fingerprint density at radius 3 is 2.75 bits per heavy atom. The van der Waals surface area contributed by atoms with E-state index in [9.17, 15) is 0 Å². The second-order valence-electron chi connectivity index (χ2n) is 7.29. The molecule has 0 aromatic rings. The molecule has 0 bridgehead atoms. The summed E-state index contributed by atoms with van der Waals surface area (Å²) in [6.45, 7) is 15.9. The molecule has 0 radical (unpaired) electrons. The molecule has 2 aliphatic heterocycles. The minimum Gasteiger partial charge on any atom is -0.381 e. The van der Waals surface area contributed by atoms with Gasteiger partial charge in [-0.25, -0.2) is 0 Å². The van der Waals surface area contributed by atoms with Gasteiger partial charge in [-0.15, -0.1) is 0 Å². The highest BCUT2D eigenvalue weighted by molar-refractivity contribution is 4.91. The Morgan fingerprint density at radius 1 is 1.35 bits per heavy atom. The van der Waals surface area contributed by atoms with E-state index < -0.39 is 0 Å². The zero-order valence-corrected chi connectivity index (χ0v) is 13.7. The molecule has 2 unspecified atom stereocenters. The fourth-order valence-electron chi connectivity index (χ4n) is 3.80. The van der Waals surface area contributed by atoms with Crippen molar-refractivity contribution in [2.75, 3.05) is 45.9 Å². The van der Waals surface area contributed by atoms with Crippen molar-refractivity contribution in [3.05, 3.63) is 0 Å². The normalized spacial score (nSPS) is 35.1. The van der Waals surface area contributed by atoms with Crippen LogP contribution in [0.5, 0.6) is 0 Å². The number of ether oxygens (including phenoxy) is 2. The van der Waals surface area contributed by atoms with Gasteiger partial charge >= 0.3 is 0 Å². The quantitative estimate of drug-likeness (QED) is 0.836. The van der Waals surface area contributed by atoms with E-state index >= 15 is 0 Å². The smallest absolute Gasteiger partial charge is 0.0757 e. The van der Waals surface area contributed by atoms with Crippen LogP contribution in [0.3, 0.4) is 0 Å². The van der Waals surface area contributed by atoms with Crippen molar-refractivity contribution in [3.63, 3.8) is 0 Å². The summed E-state index contributed by atoms with van der Waals surface area (Å²) in [5.74, 6) is 0. The summed E-state index contributed by atoms with van der Waals surface area (Å²) in [7, 11) is 0. The molecule has 0 aliphatic carbocycles. The molecule has 0 saturated carbocycles. The number of nitrogens with zero attached hydrogens (tertiary/aromatic N) is 1. The predicted molar refractivity (Wildman–Crippen MR) is 82.1 cm³/mol. The van der Waals surface area contributed by atoms with Crippen LogP contribution < -0.4 is 5.32 Å². The van der Waals surface area contributed by atoms with Crippen LogP contribution in [0.4, 0.5) is 0 Å². The molecule has 2 saturated heterocycles. The Kier molecular flexibility index (Phi) is 5.46. The summed E-state index contributed by atoms with van der Waals surface area (Å²) in [5.41, 5.74) is 0.244. The fraction of sp³-hybridized carbons (Fsp3) is 1.00. The highest BCUT2D eigenvalue weighted by Gasteiger charge is 2.38. The van der Waals surface area contributed by atoms with Crippen LogP contribution >= 0.6 is 0 Å². The van der Waals surface area contributed by atoms with Gasteiger partial charge in [-0.2, -0.15) is 0 Å². The van der Waals surface area contributed by atoms with Gasteiger partial charge < -0.3 is 14.8 Å². The van der Waals surface area contributed by atoms with Crippen molar-refractivity contribution in [1.82, 2.24) is 10.2 Å². The molecule has 20 heavy (non-hydrogen) atoms. The second kappa shape index (κ2) is 6.73. The van der Waals surface area contributed by atoms with Crippen LogP contribution in [-0.2, 0) is 9.47 Å². The van der Waals surface area contributed by atoms with Crippen molar-refractivity contribution in [3.8, 4) is 0 Å². The van der Waals surface area contributed by atoms with E-state index in [1.54, 1.807) is 0 Å². The van der Waals surface area contributed by atoms with Crippen LogP contribution in [-0.4, -0.2) is 62.5 Å². The number of hydrogen-bond donors (Lipinski definition) is 1. The molecule has 0 amide bonds. The van der Waals surface area contributed by atoms with Gasteiger partial charge in [-0.3, -0.25) is 4.90 Å². The summed E-state index contributed by atoms with van der Waals surface area (Å²) >= 11 is 0. The molecule has 4 heteroatoms. The standard InChI is InChI=1S/C16H32N2O2/c1-5-17-10-16(7-6-8-19-13-16)12-18-9-14(2)20-15(3,4)11-18/h14,17H,5-13H2,1-4H3. The lowest BCUT2D eigenvalue weighted by atomic mass is 9.81. The molecule has 0 aromatic heterocycles. The number of rotatable bonds is 5. The molecule has 4 nitrogen and oxygen atoms in total. The zero-order chi connectivity index (χ0) is 14.6. The van der Waals surface area contributed by atoms with Gasteiger partial charge in [0.05, 0.1) is 18.3 Å². The lowest BCUT2D eigenvalue weighted by molar-refractivity contribution is -0.141. The number of morpholine rings is 1. The van der Waals surface area contributed by atoms with Gasteiger partial charge in [0.25, 0.3) is 0 Å². The van der Waals surface area contributed by atoms with E-state index in [1.807, 2.05) is 0 Å². The summed E-state index contributed by atoms with van der Waals surface area (Å²) in [4.78, 5) is 2.58. The average molecular weight is 284 g/mol. The highest BCUT2D eigenvalue weighted by atomic mass is 16.5. The average Bonchev–Trinajstić information content (AvgIpc) is 2.35. The van der Waals surface area contributed by atoms with Crippen molar-refractivity contribution in [2.24, 2.45) is 5.41 Å². The van der Waals surface area contributed by atoms with Crippen LogP contribution in [0, 0.1) is 5.41 Å². The molecular formula is C16H32N2O2. The first-order chi connectivity index (χ1) is 9.45. The lowest BCUT2D eigenvalue weighted by Crippen LogP contribution is -2.57. The monoisotopic (exact) mass is 284 g/mol. The van der Waals surface area contributed by atoms with Gasteiger partial charge in [-0.1, -0.05) is 6.92 Å². The zero-order valence-electron chi connectivity index (χ0n) is 13.7. The number of nitrogens with one attached hydrogen (secondary N) is 1. The Labute approximate surface area is 124 Å². The van der Waals surface area contributed by atoms with Crippen molar-refractivity contribution < 1.29 is 9.47 Å². The van der Waals surface area contributed by atoms with Gasteiger partial charge in [0.2, 0.25) is 0 Å². The Morgan fingerprint density at radius 2 is 2.15 bits per heavy atom. The Bertz CT molecular complexity index is 301. The van der Waals surface area contributed by atoms with Gasteiger partial charge in [-0.05, 0) is 40.2 Å². The largest absolute Gasteiger partial charge is 0.381 e. The Balaban J connectivity index is 1.99. The van der Waals surface area contributed by atoms with Crippen LogP contribution in [0.25, 0.3) is 0 Å². The van der Waals surface area contributed by atoms with E-state index in [-0.39, 0.29) is 11.0 Å². The van der Waals surface area contributed by atoms with E-state index in [0.717, 1.165) is 45.9 Å². The third-order valence-electron chi connectivity index (χ3n) is 4.35. The molecule has 1 N–H and O–H groups in total. The van der Waals surface area contributed by atoms with E-state index in [0.29, 0.717) is 6.10 Å². The molecule has 0 spiro atoms. The summed E-state index contributed by atoms with van der Waals surface area (Å²) < 4.78 is 11.8. The third kappa shape index (κ3) is 4.42. The fourth-order valence-corrected chi connectivity index (χ4v) is 3.80. The van der Waals surface area contributed by atoms with E-state index in [2.05, 4.69) is 37.9 Å². The van der Waals surface area contributed by atoms with Gasteiger partial charge in [0, 0.05) is 38.2 Å². The molecule has 2 aliphatic rings. The first kappa shape index (κ1) is 16.2.